The zero-order valence-electron chi connectivity index (χ0n) is 9.63. The lowest BCUT2D eigenvalue weighted by Gasteiger charge is -2.00. The van der Waals surface area contributed by atoms with Gasteiger partial charge < -0.3 is 9.63 Å². The van der Waals surface area contributed by atoms with E-state index in [-0.39, 0.29) is 5.92 Å². The Morgan fingerprint density at radius 2 is 1.94 bits per heavy atom. The molecule has 0 saturated heterocycles. The molecule has 0 bridgehead atoms. The quantitative estimate of drug-likeness (QED) is 0.857. The zero-order valence-corrected chi connectivity index (χ0v) is 9.63. The summed E-state index contributed by atoms with van der Waals surface area (Å²) < 4.78 is 5.22. The molecule has 0 aliphatic heterocycles. The summed E-state index contributed by atoms with van der Waals surface area (Å²) in [4.78, 5) is 4.25. The lowest BCUT2D eigenvalue weighted by atomic mass is 10.1. The minimum absolute atomic E-state index is 0.257. The van der Waals surface area contributed by atoms with Crippen LogP contribution < -0.4 is 0 Å². The topological polar surface area (TPSA) is 59.2 Å². The van der Waals surface area contributed by atoms with Crippen LogP contribution in [0.2, 0.25) is 0 Å². The molecule has 0 amide bonds. The van der Waals surface area contributed by atoms with E-state index < -0.39 is 6.10 Å². The number of aliphatic hydroxyl groups is 1. The van der Waals surface area contributed by atoms with Gasteiger partial charge in [0, 0.05) is 5.92 Å². The Morgan fingerprint density at radius 1 is 1.29 bits per heavy atom. The first kappa shape index (κ1) is 10.5. The molecule has 0 spiro atoms. The van der Waals surface area contributed by atoms with E-state index in [0.29, 0.717) is 11.7 Å². The summed E-state index contributed by atoms with van der Waals surface area (Å²) in [7, 11) is 0. The summed E-state index contributed by atoms with van der Waals surface area (Å²) in [6.45, 7) is 1.64. The van der Waals surface area contributed by atoms with Gasteiger partial charge >= 0.3 is 0 Å². The Kier molecular flexibility index (Phi) is 2.44. The van der Waals surface area contributed by atoms with Gasteiger partial charge in [0.2, 0.25) is 5.89 Å². The number of hydrogen-bond donors (Lipinski definition) is 1. The van der Waals surface area contributed by atoms with Crippen molar-refractivity contribution in [1.29, 1.82) is 0 Å². The average Bonchev–Trinajstić information content (AvgIpc) is 2.95. The van der Waals surface area contributed by atoms with E-state index in [1.165, 1.54) is 11.1 Å². The first-order chi connectivity index (χ1) is 8.24. The smallest absolute Gasteiger partial charge is 0.230 e. The molecular formula is C13H14N2O2. The Morgan fingerprint density at radius 3 is 2.47 bits per heavy atom. The molecule has 0 saturated carbocycles. The lowest BCUT2D eigenvalue weighted by molar-refractivity contribution is 0.184. The van der Waals surface area contributed by atoms with Gasteiger partial charge in [0.25, 0.3) is 0 Å². The molecule has 1 N–H and O–H groups in total. The van der Waals surface area contributed by atoms with E-state index in [2.05, 4.69) is 34.4 Å². The Labute approximate surface area is 99.3 Å². The fourth-order valence-corrected chi connectivity index (χ4v) is 2.32. The molecule has 1 aliphatic carbocycles. The Hall–Kier alpha value is -1.68. The first-order valence-electron chi connectivity index (χ1n) is 5.82. The van der Waals surface area contributed by atoms with Gasteiger partial charge in [0.1, 0.15) is 6.10 Å². The highest BCUT2D eigenvalue weighted by atomic mass is 16.5. The monoisotopic (exact) mass is 230 g/mol. The molecule has 0 radical (unpaired) electrons. The van der Waals surface area contributed by atoms with Crippen LogP contribution in [-0.4, -0.2) is 15.2 Å². The standard InChI is InChI=1S/C13H14N2O2/c1-8(16)12-14-13(17-15-12)11-6-9-4-2-3-5-10(9)7-11/h2-5,8,11,16H,6-7H2,1H3. The number of benzene rings is 1. The maximum Gasteiger partial charge on any atom is 0.230 e. The second kappa shape index (κ2) is 3.96. The van der Waals surface area contributed by atoms with Crippen molar-refractivity contribution in [2.24, 2.45) is 0 Å². The van der Waals surface area contributed by atoms with E-state index in [0.717, 1.165) is 12.8 Å². The third kappa shape index (κ3) is 1.85. The number of aliphatic hydroxyl groups excluding tert-OH is 1. The molecule has 4 heteroatoms. The molecule has 1 unspecified atom stereocenters. The number of aromatic nitrogens is 2. The summed E-state index contributed by atoms with van der Waals surface area (Å²) in [5.74, 6) is 1.26. The molecule has 1 aliphatic rings. The fraction of sp³-hybridized carbons (Fsp3) is 0.385. The van der Waals surface area contributed by atoms with E-state index >= 15 is 0 Å². The number of nitrogens with zero attached hydrogens (tertiary/aromatic N) is 2. The number of fused-ring (bicyclic) bond motifs is 1. The molecule has 0 fully saturated rings. The zero-order chi connectivity index (χ0) is 11.8. The largest absolute Gasteiger partial charge is 0.385 e. The van der Waals surface area contributed by atoms with Crippen LogP contribution in [0.15, 0.2) is 28.8 Å². The third-order valence-corrected chi connectivity index (χ3v) is 3.23. The summed E-state index contributed by atoms with van der Waals surface area (Å²) in [5.41, 5.74) is 2.71. The highest BCUT2D eigenvalue weighted by molar-refractivity contribution is 5.34. The molecule has 17 heavy (non-hydrogen) atoms. The van der Waals surface area contributed by atoms with Crippen LogP contribution >= 0.6 is 0 Å². The van der Waals surface area contributed by atoms with Crippen LogP contribution in [0.3, 0.4) is 0 Å². The van der Waals surface area contributed by atoms with Crippen molar-refractivity contribution in [2.75, 3.05) is 0 Å². The van der Waals surface area contributed by atoms with Crippen LogP contribution in [0.1, 0.15) is 41.8 Å². The average molecular weight is 230 g/mol. The van der Waals surface area contributed by atoms with Crippen molar-refractivity contribution >= 4 is 0 Å². The van der Waals surface area contributed by atoms with Crippen LogP contribution in [0.4, 0.5) is 0 Å². The summed E-state index contributed by atoms with van der Waals surface area (Å²) in [5, 5.41) is 13.2. The number of rotatable bonds is 2. The summed E-state index contributed by atoms with van der Waals surface area (Å²) in [6.07, 6.45) is 1.21. The highest BCUT2D eigenvalue weighted by Crippen LogP contribution is 2.33. The molecule has 1 aromatic heterocycles. The SMILES string of the molecule is CC(O)c1noc(C2Cc3ccccc3C2)n1. The normalized spacial score (nSPS) is 17.1. The molecule has 88 valence electrons. The van der Waals surface area contributed by atoms with E-state index in [1.54, 1.807) is 6.92 Å². The van der Waals surface area contributed by atoms with Crippen LogP contribution in [0.5, 0.6) is 0 Å². The van der Waals surface area contributed by atoms with Crippen LogP contribution in [-0.2, 0) is 12.8 Å². The van der Waals surface area contributed by atoms with Gasteiger partial charge in [-0.25, -0.2) is 0 Å². The van der Waals surface area contributed by atoms with Gasteiger partial charge in [-0.3, -0.25) is 0 Å². The fourth-order valence-electron chi connectivity index (χ4n) is 2.32. The molecular weight excluding hydrogens is 216 g/mol. The lowest BCUT2D eigenvalue weighted by Crippen LogP contribution is -1.99. The minimum Gasteiger partial charge on any atom is -0.385 e. The van der Waals surface area contributed by atoms with Gasteiger partial charge in [-0.1, -0.05) is 29.4 Å². The molecule has 1 atom stereocenters. The van der Waals surface area contributed by atoms with Crippen molar-refractivity contribution in [3.63, 3.8) is 0 Å². The third-order valence-electron chi connectivity index (χ3n) is 3.23. The van der Waals surface area contributed by atoms with Crippen molar-refractivity contribution in [2.45, 2.75) is 31.8 Å². The van der Waals surface area contributed by atoms with Crippen molar-refractivity contribution in [3.05, 3.63) is 47.1 Å². The second-order valence-corrected chi connectivity index (χ2v) is 4.54. The van der Waals surface area contributed by atoms with Crippen molar-refractivity contribution < 1.29 is 9.63 Å². The van der Waals surface area contributed by atoms with Gasteiger partial charge in [-0.15, -0.1) is 0 Å². The molecule has 4 nitrogen and oxygen atoms in total. The van der Waals surface area contributed by atoms with Gasteiger partial charge in [-0.2, -0.15) is 4.98 Å². The van der Waals surface area contributed by atoms with Crippen molar-refractivity contribution in [1.82, 2.24) is 10.1 Å². The van der Waals surface area contributed by atoms with Crippen molar-refractivity contribution in [3.8, 4) is 0 Å². The molecule has 1 heterocycles. The molecule has 3 rings (SSSR count). The molecule has 1 aromatic carbocycles. The summed E-state index contributed by atoms with van der Waals surface area (Å²) in [6, 6.07) is 8.38. The molecule has 2 aromatic rings. The summed E-state index contributed by atoms with van der Waals surface area (Å²) >= 11 is 0. The Balaban J connectivity index is 1.84. The second-order valence-electron chi connectivity index (χ2n) is 4.54. The van der Waals surface area contributed by atoms with Crippen LogP contribution in [0, 0.1) is 0 Å². The van der Waals surface area contributed by atoms with E-state index in [1.807, 2.05) is 0 Å². The predicted molar refractivity (Wildman–Crippen MR) is 61.5 cm³/mol. The Bertz CT molecular complexity index is 509. The van der Waals surface area contributed by atoms with Crippen LogP contribution in [0.25, 0.3) is 0 Å². The maximum absolute atomic E-state index is 9.37. The van der Waals surface area contributed by atoms with E-state index in [9.17, 15) is 5.11 Å². The highest BCUT2D eigenvalue weighted by Gasteiger charge is 2.27. The predicted octanol–water partition coefficient (Wildman–Crippen LogP) is 2.01. The van der Waals surface area contributed by atoms with Gasteiger partial charge in [0.05, 0.1) is 0 Å². The first-order valence-corrected chi connectivity index (χ1v) is 5.82. The maximum atomic E-state index is 9.37. The van der Waals surface area contributed by atoms with E-state index in [4.69, 9.17) is 4.52 Å². The number of hydrogen-bond acceptors (Lipinski definition) is 4. The minimum atomic E-state index is -0.670. The van der Waals surface area contributed by atoms with Gasteiger partial charge in [0.15, 0.2) is 5.82 Å². The van der Waals surface area contributed by atoms with Gasteiger partial charge in [-0.05, 0) is 30.9 Å².